The fourth-order valence-corrected chi connectivity index (χ4v) is 3.39. The number of rotatable bonds is 5. The number of ether oxygens (including phenoxy) is 2. The molecule has 0 bridgehead atoms. The number of nitrogens with zero attached hydrogens (tertiary/aromatic N) is 1. The third-order valence-corrected chi connectivity index (χ3v) is 4.81. The number of halogens is 1. The van der Waals surface area contributed by atoms with E-state index in [2.05, 4.69) is 4.74 Å². The van der Waals surface area contributed by atoms with Gasteiger partial charge in [0.15, 0.2) is 0 Å². The second-order valence-corrected chi connectivity index (χ2v) is 6.60. The van der Waals surface area contributed by atoms with Gasteiger partial charge in [-0.15, -0.1) is 0 Å². The molecule has 1 aromatic carbocycles. The van der Waals surface area contributed by atoms with E-state index in [4.69, 9.17) is 25.9 Å². The maximum Gasteiger partial charge on any atom is 0.340 e. The van der Waals surface area contributed by atoms with Gasteiger partial charge in [-0.3, -0.25) is 9.69 Å². The van der Waals surface area contributed by atoms with Crippen molar-refractivity contribution in [2.75, 3.05) is 27.0 Å². The second-order valence-electron chi connectivity index (χ2n) is 6.19. The van der Waals surface area contributed by atoms with Crippen molar-refractivity contribution in [2.45, 2.75) is 26.3 Å². The highest BCUT2D eigenvalue weighted by molar-refractivity contribution is 6.33. The van der Waals surface area contributed by atoms with Crippen LogP contribution in [-0.4, -0.2) is 43.0 Å². The highest BCUT2D eigenvalue weighted by Crippen LogP contribution is 2.39. The molecule has 0 radical (unpaired) electrons. The Balaban J connectivity index is 2.12. The zero-order valence-corrected chi connectivity index (χ0v) is 15.4. The summed E-state index contributed by atoms with van der Waals surface area (Å²) in [5.41, 5.74) is 1.43. The minimum Gasteiger partial charge on any atom is -0.476 e. The van der Waals surface area contributed by atoms with Crippen LogP contribution >= 0.6 is 11.6 Å². The number of fused-ring (bicyclic) bond motifs is 3. The van der Waals surface area contributed by atoms with Gasteiger partial charge in [0.1, 0.15) is 18.1 Å². The summed E-state index contributed by atoms with van der Waals surface area (Å²) >= 11 is 6.38. The number of carbonyl (C=O) groups is 1. The van der Waals surface area contributed by atoms with Crippen LogP contribution in [0.5, 0.6) is 5.75 Å². The summed E-state index contributed by atoms with van der Waals surface area (Å²) in [5.74, 6) is -0.00926. The molecule has 1 N–H and O–H groups in total. The molecule has 0 saturated carbocycles. The number of hydrogen-bond donors (Lipinski definition) is 1. The Bertz CT molecular complexity index is 907. The van der Waals surface area contributed by atoms with Gasteiger partial charge in [0.25, 0.3) is 0 Å². The number of carbonyl (C=O) groups excluding carboxylic acids is 1. The average Bonchev–Trinajstić information content (AvgIpc) is 2.64. The lowest BCUT2D eigenvalue weighted by Crippen LogP contribution is -2.33. The van der Waals surface area contributed by atoms with Crippen LogP contribution in [0.4, 0.5) is 0 Å². The SMILES string of the molecule is COC(=O)Cc1c(C)c2cc(Cl)c3c(c2oc1=O)CN(CCCO)CO3. The molecule has 2 aromatic rings. The van der Waals surface area contributed by atoms with E-state index in [0.29, 0.717) is 59.1 Å². The normalized spacial score (nSPS) is 14.2. The van der Waals surface area contributed by atoms with Gasteiger partial charge in [-0.25, -0.2) is 4.79 Å². The first-order valence-corrected chi connectivity index (χ1v) is 8.64. The molecule has 1 aliphatic rings. The molecule has 0 amide bonds. The largest absolute Gasteiger partial charge is 0.476 e. The predicted octanol–water partition coefficient (Wildman–Crippen LogP) is 2.00. The fraction of sp³-hybridized carbons (Fsp3) is 0.444. The van der Waals surface area contributed by atoms with Crippen molar-refractivity contribution in [2.24, 2.45) is 0 Å². The van der Waals surface area contributed by atoms with E-state index in [0.717, 1.165) is 0 Å². The molecule has 7 nitrogen and oxygen atoms in total. The average molecular weight is 382 g/mol. The zero-order chi connectivity index (χ0) is 18.8. The van der Waals surface area contributed by atoms with E-state index in [1.807, 2.05) is 4.90 Å². The van der Waals surface area contributed by atoms with E-state index in [-0.39, 0.29) is 18.6 Å². The monoisotopic (exact) mass is 381 g/mol. The minimum atomic E-state index is -0.572. The number of aliphatic hydroxyl groups is 1. The number of aliphatic hydroxyl groups excluding tert-OH is 1. The standard InChI is InChI=1S/C18H20ClNO6/c1-10-11-6-14(19)17-13(8-20(9-25-17)4-3-5-21)16(11)26-18(23)12(10)7-15(22)24-2/h6,21H,3-5,7-9H2,1-2H3. The third kappa shape index (κ3) is 3.42. The fourth-order valence-electron chi connectivity index (χ4n) is 3.12. The Hall–Kier alpha value is -2.09. The van der Waals surface area contributed by atoms with Gasteiger partial charge in [0.05, 0.1) is 29.7 Å². The molecule has 8 heteroatoms. The molecule has 2 heterocycles. The van der Waals surface area contributed by atoms with Crippen molar-refractivity contribution < 1.29 is 23.8 Å². The van der Waals surface area contributed by atoms with Crippen LogP contribution in [0.25, 0.3) is 11.0 Å². The maximum atomic E-state index is 12.4. The molecule has 0 unspecified atom stereocenters. The summed E-state index contributed by atoms with van der Waals surface area (Å²) in [4.78, 5) is 26.0. The highest BCUT2D eigenvalue weighted by atomic mass is 35.5. The summed E-state index contributed by atoms with van der Waals surface area (Å²) < 4.78 is 15.9. The van der Waals surface area contributed by atoms with Crippen LogP contribution < -0.4 is 10.4 Å². The van der Waals surface area contributed by atoms with Crippen molar-refractivity contribution in [1.29, 1.82) is 0 Å². The molecule has 1 aromatic heterocycles. The Labute approximate surface area is 155 Å². The van der Waals surface area contributed by atoms with E-state index in [1.54, 1.807) is 13.0 Å². The summed E-state index contributed by atoms with van der Waals surface area (Å²) in [7, 11) is 1.27. The lowest BCUT2D eigenvalue weighted by atomic mass is 10.00. The van der Waals surface area contributed by atoms with Gasteiger partial charge >= 0.3 is 11.6 Å². The van der Waals surface area contributed by atoms with Crippen LogP contribution in [0.1, 0.15) is 23.1 Å². The molecule has 140 valence electrons. The van der Waals surface area contributed by atoms with Gasteiger partial charge < -0.3 is 19.0 Å². The van der Waals surface area contributed by atoms with Crippen LogP contribution in [0.3, 0.4) is 0 Å². The molecular weight excluding hydrogens is 362 g/mol. The first-order chi connectivity index (χ1) is 12.5. The molecular formula is C18H20ClNO6. The van der Waals surface area contributed by atoms with Gasteiger partial charge in [0, 0.05) is 25.1 Å². The maximum absolute atomic E-state index is 12.4. The first kappa shape index (κ1) is 18.7. The Kier molecular flexibility index (Phi) is 5.50. The number of hydrogen-bond acceptors (Lipinski definition) is 7. The summed E-state index contributed by atoms with van der Waals surface area (Å²) in [6.45, 7) is 3.33. The topological polar surface area (TPSA) is 89.2 Å². The molecule has 1 aliphatic heterocycles. The van der Waals surface area contributed by atoms with Gasteiger partial charge in [-0.1, -0.05) is 11.6 Å². The number of benzene rings is 1. The zero-order valence-electron chi connectivity index (χ0n) is 14.6. The second kappa shape index (κ2) is 7.65. The Morgan fingerprint density at radius 1 is 1.46 bits per heavy atom. The Morgan fingerprint density at radius 3 is 2.92 bits per heavy atom. The van der Waals surface area contributed by atoms with Crippen LogP contribution in [0.15, 0.2) is 15.3 Å². The summed E-state index contributed by atoms with van der Waals surface area (Å²) in [6.07, 6.45) is 0.456. The smallest absolute Gasteiger partial charge is 0.340 e. The minimum absolute atomic E-state index is 0.0880. The van der Waals surface area contributed by atoms with Crippen molar-refractivity contribution in [3.8, 4) is 5.75 Å². The van der Waals surface area contributed by atoms with Gasteiger partial charge in [-0.2, -0.15) is 0 Å². The van der Waals surface area contributed by atoms with Crippen molar-refractivity contribution >= 4 is 28.5 Å². The molecule has 26 heavy (non-hydrogen) atoms. The van der Waals surface area contributed by atoms with Crippen LogP contribution in [-0.2, 0) is 22.5 Å². The predicted molar refractivity (Wildman–Crippen MR) is 95.6 cm³/mol. The lowest BCUT2D eigenvalue weighted by Gasteiger charge is -2.29. The number of esters is 1. The Morgan fingerprint density at radius 2 is 2.23 bits per heavy atom. The van der Waals surface area contributed by atoms with E-state index >= 15 is 0 Å². The van der Waals surface area contributed by atoms with Crippen molar-refractivity contribution in [1.82, 2.24) is 4.90 Å². The summed E-state index contributed by atoms with van der Waals surface area (Å²) in [5, 5.41) is 10.1. The van der Waals surface area contributed by atoms with Crippen molar-refractivity contribution in [3.63, 3.8) is 0 Å². The van der Waals surface area contributed by atoms with E-state index in [9.17, 15) is 9.59 Å². The first-order valence-electron chi connectivity index (χ1n) is 8.26. The van der Waals surface area contributed by atoms with Gasteiger partial charge in [-0.05, 0) is 25.0 Å². The van der Waals surface area contributed by atoms with E-state index in [1.165, 1.54) is 7.11 Å². The molecule has 0 atom stereocenters. The van der Waals surface area contributed by atoms with E-state index < -0.39 is 11.6 Å². The van der Waals surface area contributed by atoms with Crippen LogP contribution in [0, 0.1) is 6.92 Å². The molecule has 0 aliphatic carbocycles. The molecule has 0 saturated heterocycles. The lowest BCUT2D eigenvalue weighted by molar-refractivity contribution is -0.139. The van der Waals surface area contributed by atoms with Gasteiger partial charge in [0.2, 0.25) is 0 Å². The quantitative estimate of drug-likeness (QED) is 0.625. The van der Waals surface area contributed by atoms with Crippen LogP contribution in [0.2, 0.25) is 5.02 Å². The highest BCUT2D eigenvalue weighted by Gasteiger charge is 2.26. The summed E-state index contributed by atoms with van der Waals surface area (Å²) in [6, 6.07) is 1.69. The number of aryl methyl sites for hydroxylation is 1. The molecule has 0 fully saturated rings. The van der Waals surface area contributed by atoms with Crippen molar-refractivity contribution in [3.05, 3.63) is 38.2 Å². The third-order valence-electron chi connectivity index (χ3n) is 4.53. The molecule has 3 rings (SSSR count). The number of methoxy groups -OCH3 is 1. The molecule has 0 spiro atoms.